The molecule has 0 radical (unpaired) electrons. The second-order valence-electron chi connectivity index (χ2n) is 4.31. The maximum atomic E-state index is 11.3. The third-order valence-corrected chi connectivity index (χ3v) is 3.03. The van der Waals surface area contributed by atoms with Crippen molar-refractivity contribution in [2.24, 2.45) is 0 Å². The Kier molecular flexibility index (Phi) is 2.83. The number of nitrogens with one attached hydrogen (secondary N) is 2. The Morgan fingerprint density at radius 3 is 2.62 bits per heavy atom. The molecule has 4 nitrogen and oxygen atoms in total. The molecule has 4 N–H and O–H groups in total. The summed E-state index contributed by atoms with van der Waals surface area (Å²) in [5, 5.41) is 6.33. The minimum absolute atomic E-state index is 0.000486. The van der Waals surface area contributed by atoms with E-state index < -0.39 is 0 Å². The van der Waals surface area contributed by atoms with Gasteiger partial charge in [0.25, 0.3) is 0 Å². The van der Waals surface area contributed by atoms with Crippen molar-refractivity contribution < 1.29 is 4.79 Å². The van der Waals surface area contributed by atoms with E-state index in [2.05, 4.69) is 10.6 Å². The van der Waals surface area contributed by atoms with Crippen molar-refractivity contribution in [3.63, 3.8) is 0 Å². The van der Waals surface area contributed by atoms with E-state index in [1.54, 1.807) is 6.92 Å². The topological polar surface area (TPSA) is 67.2 Å². The van der Waals surface area contributed by atoms with Gasteiger partial charge in [-0.25, -0.2) is 0 Å². The van der Waals surface area contributed by atoms with Crippen molar-refractivity contribution in [1.82, 2.24) is 10.6 Å². The van der Waals surface area contributed by atoms with Gasteiger partial charge in [0.2, 0.25) is 5.91 Å². The second-order valence-corrected chi connectivity index (χ2v) is 4.31. The summed E-state index contributed by atoms with van der Waals surface area (Å²) in [6.45, 7) is 3.25. The predicted octanol–water partition coefficient (Wildman–Crippen LogP) is 0.593. The third-order valence-electron chi connectivity index (χ3n) is 3.03. The Hall–Kier alpha value is -1.55. The van der Waals surface area contributed by atoms with Crippen LogP contribution in [0.1, 0.15) is 18.9 Å². The molecule has 0 saturated carbocycles. The van der Waals surface area contributed by atoms with Crippen LogP contribution < -0.4 is 16.4 Å². The second kappa shape index (κ2) is 4.14. The number of amides is 1. The van der Waals surface area contributed by atoms with Gasteiger partial charge in [0, 0.05) is 19.2 Å². The van der Waals surface area contributed by atoms with E-state index in [1.165, 1.54) is 0 Å². The zero-order valence-corrected chi connectivity index (χ0v) is 9.42. The normalized spacial score (nSPS) is 24.3. The fraction of sp³-hybridized carbons (Fsp3) is 0.417. The van der Waals surface area contributed by atoms with Gasteiger partial charge in [0.15, 0.2) is 0 Å². The summed E-state index contributed by atoms with van der Waals surface area (Å²) in [6.07, 6.45) is 0.913. The molecule has 86 valence electrons. The molecule has 0 spiro atoms. The number of hydrogen-bond donors (Lipinski definition) is 3. The van der Waals surface area contributed by atoms with Crippen molar-refractivity contribution in [2.45, 2.75) is 18.9 Å². The summed E-state index contributed by atoms with van der Waals surface area (Å²) in [7, 11) is 0. The highest BCUT2D eigenvalue weighted by atomic mass is 16.1. The fourth-order valence-corrected chi connectivity index (χ4v) is 2.26. The molecular formula is C12H17N3O. The number of nitrogens with two attached hydrogens (primary N) is 1. The van der Waals surface area contributed by atoms with Crippen LogP contribution in [-0.2, 0) is 10.3 Å². The van der Waals surface area contributed by atoms with Gasteiger partial charge >= 0.3 is 0 Å². The molecule has 0 unspecified atom stereocenters. The molecular weight excluding hydrogens is 202 g/mol. The van der Waals surface area contributed by atoms with Gasteiger partial charge < -0.3 is 16.4 Å². The lowest BCUT2D eigenvalue weighted by Gasteiger charge is -2.29. The molecule has 0 bridgehead atoms. The molecule has 0 aromatic heterocycles. The lowest BCUT2D eigenvalue weighted by Crippen LogP contribution is -2.46. The number of nitrogen functional groups attached to an aromatic ring is 1. The van der Waals surface area contributed by atoms with E-state index >= 15 is 0 Å². The van der Waals surface area contributed by atoms with E-state index in [1.807, 2.05) is 24.3 Å². The van der Waals surface area contributed by atoms with Crippen molar-refractivity contribution >= 4 is 11.6 Å². The van der Waals surface area contributed by atoms with E-state index in [0.29, 0.717) is 0 Å². The standard InChI is InChI=1S/C12H17N3O/c1-9(16)15-12(6-7-14-8-12)10-2-4-11(13)5-3-10/h2-5,14H,6-8,13H2,1H3,(H,15,16)/t12-/m0/s1. The van der Waals surface area contributed by atoms with Crippen LogP contribution in [-0.4, -0.2) is 19.0 Å². The third kappa shape index (κ3) is 2.02. The van der Waals surface area contributed by atoms with Gasteiger partial charge in [0.05, 0.1) is 5.54 Å². The maximum absolute atomic E-state index is 11.3. The van der Waals surface area contributed by atoms with Crippen LogP contribution in [0.3, 0.4) is 0 Å². The van der Waals surface area contributed by atoms with Crippen LogP contribution in [0.2, 0.25) is 0 Å². The Labute approximate surface area is 95.2 Å². The minimum atomic E-state index is -0.264. The smallest absolute Gasteiger partial charge is 0.217 e. The summed E-state index contributed by atoms with van der Waals surface area (Å²) in [4.78, 5) is 11.3. The molecule has 1 fully saturated rings. The first-order valence-electron chi connectivity index (χ1n) is 5.48. The summed E-state index contributed by atoms with van der Waals surface area (Å²) in [5.41, 5.74) is 7.26. The maximum Gasteiger partial charge on any atom is 0.217 e. The summed E-state index contributed by atoms with van der Waals surface area (Å²) in [6, 6.07) is 7.71. The molecule has 0 aliphatic carbocycles. The summed E-state index contributed by atoms with van der Waals surface area (Å²) in [5.74, 6) is 0.000486. The number of rotatable bonds is 2. The van der Waals surface area contributed by atoms with Crippen LogP contribution in [0.4, 0.5) is 5.69 Å². The van der Waals surface area contributed by atoms with Crippen LogP contribution >= 0.6 is 0 Å². The first kappa shape index (κ1) is 11.0. The van der Waals surface area contributed by atoms with Crippen molar-refractivity contribution in [3.05, 3.63) is 29.8 Å². The molecule has 1 aliphatic rings. The van der Waals surface area contributed by atoms with Gasteiger partial charge in [-0.1, -0.05) is 12.1 Å². The van der Waals surface area contributed by atoms with E-state index in [-0.39, 0.29) is 11.4 Å². The SMILES string of the molecule is CC(=O)N[C@@]1(c2ccc(N)cc2)CCNC1. The van der Waals surface area contributed by atoms with Crippen LogP contribution in [0.15, 0.2) is 24.3 Å². The Balaban J connectivity index is 2.31. The highest BCUT2D eigenvalue weighted by Crippen LogP contribution is 2.28. The Morgan fingerprint density at radius 2 is 2.12 bits per heavy atom. The van der Waals surface area contributed by atoms with Crippen LogP contribution in [0, 0.1) is 0 Å². The number of benzene rings is 1. The van der Waals surface area contributed by atoms with Gasteiger partial charge in [-0.2, -0.15) is 0 Å². The molecule has 1 aromatic rings. The van der Waals surface area contributed by atoms with E-state index in [0.717, 1.165) is 30.8 Å². The largest absolute Gasteiger partial charge is 0.399 e. The van der Waals surface area contributed by atoms with E-state index in [9.17, 15) is 4.79 Å². The predicted molar refractivity (Wildman–Crippen MR) is 63.8 cm³/mol. The zero-order valence-electron chi connectivity index (χ0n) is 9.42. The zero-order chi connectivity index (χ0) is 11.6. The summed E-state index contributed by atoms with van der Waals surface area (Å²) >= 11 is 0. The lowest BCUT2D eigenvalue weighted by molar-refractivity contribution is -0.120. The quantitative estimate of drug-likeness (QED) is 0.638. The number of anilines is 1. The van der Waals surface area contributed by atoms with Crippen molar-refractivity contribution in [1.29, 1.82) is 0 Å². The minimum Gasteiger partial charge on any atom is -0.399 e. The van der Waals surface area contributed by atoms with Crippen LogP contribution in [0.25, 0.3) is 0 Å². The molecule has 2 rings (SSSR count). The van der Waals surface area contributed by atoms with Gasteiger partial charge in [-0.15, -0.1) is 0 Å². The average Bonchev–Trinajstić information content (AvgIpc) is 2.67. The molecule has 1 aliphatic heterocycles. The molecule has 1 atom stereocenters. The van der Waals surface area contributed by atoms with Gasteiger partial charge in [-0.3, -0.25) is 4.79 Å². The Bertz CT molecular complexity index is 380. The first-order valence-corrected chi connectivity index (χ1v) is 5.48. The average molecular weight is 219 g/mol. The van der Waals surface area contributed by atoms with Crippen LogP contribution in [0.5, 0.6) is 0 Å². The summed E-state index contributed by atoms with van der Waals surface area (Å²) < 4.78 is 0. The van der Waals surface area contributed by atoms with Gasteiger partial charge in [0.1, 0.15) is 0 Å². The Morgan fingerprint density at radius 1 is 1.44 bits per heavy atom. The fourth-order valence-electron chi connectivity index (χ4n) is 2.26. The highest BCUT2D eigenvalue weighted by Gasteiger charge is 2.36. The lowest BCUT2D eigenvalue weighted by atomic mass is 9.88. The highest BCUT2D eigenvalue weighted by molar-refractivity contribution is 5.74. The van der Waals surface area contributed by atoms with Crippen molar-refractivity contribution in [2.75, 3.05) is 18.8 Å². The molecule has 4 heteroatoms. The molecule has 1 aromatic carbocycles. The number of hydrogen-bond acceptors (Lipinski definition) is 3. The first-order chi connectivity index (χ1) is 7.62. The number of carbonyl (C=O) groups is 1. The number of carbonyl (C=O) groups excluding carboxylic acids is 1. The van der Waals surface area contributed by atoms with Crippen molar-refractivity contribution in [3.8, 4) is 0 Å². The molecule has 1 amide bonds. The van der Waals surface area contributed by atoms with E-state index in [4.69, 9.17) is 5.73 Å². The molecule has 1 saturated heterocycles. The molecule has 16 heavy (non-hydrogen) atoms. The monoisotopic (exact) mass is 219 g/mol. The van der Waals surface area contributed by atoms with Gasteiger partial charge in [-0.05, 0) is 30.7 Å². The molecule has 1 heterocycles.